The summed E-state index contributed by atoms with van der Waals surface area (Å²) in [4.78, 5) is 4.65. The minimum Gasteiger partial charge on any atom is -0.326 e. The number of fused-ring (bicyclic) bond motifs is 1. The van der Waals surface area contributed by atoms with E-state index in [0.29, 0.717) is 10.6 Å². The van der Waals surface area contributed by atoms with Crippen LogP contribution in [0.4, 0.5) is 0 Å². The third kappa shape index (κ3) is 2.43. The molecule has 1 aliphatic rings. The van der Waals surface area contributed by atoms with Gasteiger partial charge in [-0.05, 0) is 37.3 Å². The summed E-state index contributed by atoms with van der Waals surface area (Å²) >= 11 is 11.6. The van der Waals surface area contributed by atoms with Crippen LogP contribution in [-0.2, 0) is 12.4 Å². The first-order valence-corrected chi connectivity index (χ1v) is 8.98. The van der Waals surface area contributed by atoms with Gasteiger partial charge in [-0.1, -0.05) is 22.4 Å². The van der Waals surface area contributed by atoms with Crippen molar-refractivity contribution in [2.45, 2.75) is 36.4 Å². The van der Waals surface area contributed by atoms with E-state index in [4.69, 9.17) is 11.6 Å². The Morgan fingerprint density at radius 2 is 2.26 bits per heavy atom. The van der Waals surface area contributed by atoms with Crippen molar-refractivity contribution >= 4 is 50.3 Å². The largest absolute Gasteiger partial charge is 0.326 e. The fourth-order valence-electron chi connectivity index (χ4n) is 2.71. The molecule has 2 aromatic rings. The van der Waals surface area contributed by atoms with Crippen LogP contribution in [0.5, 0.6) is 0 Å². The van der Waals surface area contributed by atoms with E-state index < -0.39 is 0 Å². The third-order valence-corrected chi connectivity index (χ3v) is 6.19. The molecule has 0 saturated heterocycles. The summed E-state index contributed by atoms with van der Waals surface area (Å²) in [7, 11) is 0. The number of nitrogens with zero attached hydrogens (tertiary/aromatic N) is 2. The Morgan fingerprint density at radius 1 is 1.47 bits per heavy atom. The molecule has 5 heteroatoms. The molecule has 0 atom stereocenters. The number of hydrogen-bond acceptors (Lipinski definition) is 2. The maximum atomic E-state index is 6.07. The molecule has 0 N–H and O–H groups in total. The topological polar surface area (TPSA) is 17.8 Å². The van der Waals surface area contributed by atoms with Gasteiger partial charge in [0.15, 0.2) is 0 Å². The molecule has 0 spiro atoms. The highest BCUT2D eigenvalue weighted by atomic mass is 79.9. The highest BCUT2D eigenvalue weighted by Crippen LogP contribution is 2.44. The summed E-state index contributed by atoms with van der Waals surface area (Å²) in [5, 5.41) is 0. The predicted molar refractivity (Wildman–Crippen MR) is 87.1 cm³/mol. The average Bonchev–Trinajstić information content (AvgIpc) is 2.71. The van der Waals surface area contributed by atoms with E-state index in [-0.39, 0.29) is 0 Å². The smallest absolute Gasteiger partial charge is 0.124 e. The van der Waals surface area contributed by atoms with Crippen molar-refractivity contribution in [2.75, 3.05) is 6.26 Å². The number of hydrogen-bond donors (Lipinski definition) is 0. The molecule has 102 valence electrons. The molecule has 0 bridgehead atoms. The van der Waals surface area contributed by atoms with Crippen LogP contribution in [0, 0.1) is 0 Å². The predicted octanol–water partition coefficient (Wildman–Crippen LogP) is 4.82. The maximum absolute atomic E-state index is 6.07. The van der Waals surface area contributed by atoms with Crippen molar-refractivity contribution in [3.8, 4) is 0 Å². The second-order valence-corrected chi connectivity index (χ2v) is 7.58. The SMILES string of the molecule is CSC1(Cn2c(CCl)nc3ccc(Br)cc32)CCC1. The van der Waals surface area contributed by atoms with Crippen molar-refractivity contribution < 1.29 is 0 Å². The average molecular weight is 360 g/mol. The Bertz CT molecular complexity index is 601. The van der Waals surface area contributed by atoms with Crippen LogP contribution < -0.4 is 0 Å². The minimum atomic E-state index is 0.386. The first-order valence-electron chi connectivity index (χ1n) is 6.43. The molecule has 0 radical (unpaired) electrons. The van der Waals surface area contributed by atoms with Gasteiger partial charge in [0.1, 0.15) is 5.82 Å². The van der Waals surface area contributed by atoms with Crippen LogP contribution >= 0.6 is 39.3 Å². The van der Waals surface area contributed by atoms with Crippen LogP contribution in [-0.4, -0.2) is 20.6 Å². The van der Waals surface area contributed by atoms with E-state index in [0.717, 1.165) is 22.4 Å². The van der Waals surface area contributed by atoms with Gasteiger partial charge in [0.05, 0.1) is 16.9 Å². The zero-order chi connectivity index (χ0) is 13.5. The fraction of sp³-hybridized carbons (Fsp3) is 0.500. The summed E-state index contributed by atoms with van der Waals surface area (Å²) in [5.74, 6) is 1.45. The molecule has 0 amide bonds. The molecule has 3 rings (SSSR count). The van der Waals surface area contributed by atoms with Crippen LogP contribution in [0.1, 0.15) is 25.1 Å². The molecular weight excluding hydrogens is 344 g/mol. The quantitative estimate of drug-likeness (QED) is 0.728. The molecule has 1 aromatic heterocycles. The minimum absolute atomic E-state index is 0.386. The molecule has 1 saturated carbocycles. The highest BCUT2D eigenvalue weighted by Gasteiger charge is 2.37. The van der Waals surface area contributed by atoms with Gasteiger partial charge < -0.3 is 4.57 Å². The fourth-order valence-corrected chi connectivity index (χ4v) is 4.22. The first kappa shape index (κ1) is 13.8. The standard InChI is InChI=1S/C14H16BrClN2S/c1-19-14(5-2-6-14)9-18-12-7-10(15)3-4-11(12)17-13(18)8-16/h3-4,7H,2,5-6,8-9H2,1H3. The van der Waals surface area contributed by atoms with E-state index in [9.17, 15) is 0 Å². The Kier molecular flexibility index (Phi) is 3.84. The van der Waals surface area contributed by atoms with E-state index in [1.807, 2.05) is 17.8 Å². The molecule has 1 fully saturated rings. The number of rotatable bonds is 4. The number of thioether (sulfide) groups is 1. The van der Waals surface area contributed by atoms with Gasteiger partial charge in [0, 0.05) is 15.8 Å². The van der Waals surface area contributed by atoms with Gasteiger partial charge >= 0.3 is 0 Å². The summed E-state index contributed by atoms with van der Waals surface area (Å²) in [6.45, 7) is 1.02. The first-order chi connectivity index (χ1) is 9.17. The zero-order valence-electron chi connectivity index (χ0n) is 10.8. The van der Waals surface area contributed by atoms with Gasteiger partial charge in [0.2, 0.25) is 0 Å². The molecule has 0 unspecified atom stereocenters. The number of halogens is 2. The Balaban J connectivity index is 2.07. The number of imidazole rings is 1. The van der Waals surface area contributed by atoms with Crippen LogP contribution in [0.3, 0.4) is 0 Å². The lowest BCUT2D eigenvalue weighted by Gasteiger charge is -2.41. The van der Waals surface area contributed by atoms with Crippen molar-refractivity contribution in [1.82, 2.24) is 9.55 Å². The number of alkyl halides is 1. The third-order valence-electron chi connectivity index (χ3n) is 4.05. The lowest BCUT2D eigenvalue weighted by Crippen LogP contribution is -2.38. The van der Waals surface area contributed by atoms with Gasteiger partial charge in [-0.25, -0.2) is 4.98 Å². The van der Waals surface area contributed by atoms with Crippen molar-refractivity contribution in [1.29, 1.82) is 0 Å². The lowest BCUT2D eigenvalue weighted by atomic mass is 9.84. The monoisotopic (exact) mass is 358 g/mol. The van der Waals surface area contributed by atoms with Gasteiger partial charge in [-0.15, -0.1) is 11.6 Å². The highest BCUT2D eigenvalue weighted by molar-refractivity contribution is 9.10. The molecule has 19 heavy (non-hydrogen) atoms. The second-order valence-electron chi connectivity index (χ2n) is 5.12. The van der Waals surface area contributed by atoms with Crippen molar-refractivity contribution in [3.63, 3.8) is 0 Å². The van der Waals surface area contributed by atoms with Gasteiger partial charge in [-0.2, -0.15) is 11.8 Å². The molecule has 1 heterocycles. The summed E-state index contributed by atoms with van der Waals surface area (Å²) < 4.78 is 3.79. The Morgan fingerprint density at radius 3 is 2.84 bits per heavy atom. The van der Waals surface area contributed by atoms with Gasteiger partial charge in [0.25, 0.3) is 0 Å². The molecule has 1 aliphatic carbocycles. The van der Waals surface area contributed by atoms with Gasteiger partial charge in [-0.3, -0.25) is 0 Å². The number of aromatic nitrogens is 2. The summed E-state index contributed by atoms with van der Waals surface area (Å²) in [6.07, 6.45) is 6.15. The molecule has 2 nitrogen and oxygen atoms in total. The molecule has 0 aliphatic heterocycles. The number of benzene rings is 1. The van der Waals surface area contributed by atoms with Crippen molar-refractivity contribution in [3.05, 3.63) is 28.5 Å². The lowest BCUT2D eigenvalue weighted by molar-refractivity contribution is 0.322. The second kappa shape index (κ2) is 5.30. The van der Waals surface area contributed by atoms with Crippen molar-refractivity contribution in [2.24, 2.45) is 0 Å². The Hall–Kier alpha value is -0.190. The summed E-state index contributed by atoms with van der Waals surface area (Å²) in [5.41, 5.74) is 2.22. The van der Waals surface area contributed by atoms with E-state index >= 15 is 0 Å². The van der Waals surface area contributed by atoms with E-state index in [1.54, 1.807) is 0 Å². The van der Waals surface area contributed by atoms with Crippen LogP contribution in [0.25, 0.3) is 11.0 Å². The van der Waals surface area contributed by atoms with E-state index in [1.165, 1.54) is 24.8 Å². The normalized spacial score (nSPS) is 17.6. The van der Waals surface area contributed by atoms with Crippen LogP contribution in [0.15, 0.2) is 22.7 Å². The molecule has 1 aromatic carbocycles. The maximum Gasteiger partial charge on any atom is 0.124 e. The zero-order valence-corrected chi connectivity index (χ0v) is 14.0. The summed E-state index contributed by atoms with van der Waals surface area (Å²) in [6, 6.07) is 6.23. The Labute approximate surface area is 131 Å². The van der Waals surface area contributed by atoms with E-state index in [2.05, 4.69) is 43.9 Å². The van der Waals surface area contributed by atoms with Crippen LogP contribution in [0.2, 0.25) is 0 Å². The molecular formula is C14H16BrClN2S.